The van der Waals surface area contributed by atoms with Crippen molar-refractivity contribution in [2.75, 3.05) is 0 Å². The summed E-state index contributed by atoms with van der Waals surface area (Å²) in [6.45, 7) is 3.50. The quantitative estimate of drug-likeness (QED) is 0.634. The van der Waals surface area contributed by atoms with E-state index in [2.05, 4.69) is 0 Å². The summed E-state index contributed by atoms with van der Waals surface area (Å²) in [6.07, 6.45) is -0.957. The van der Waals surface area contributed by atoms with E-state index < -0.39 is 17.9 Å². The van der Waals surface area contributed by atoms with Crippen LogP contribution in [0.1, 0.15) is 20.3 Å². The van der Waals surface area contributed by atoms with E-state index in [-0.39, 0.29) is 12.3 Å². The van der Waals surface area contributed by atoms with Gasteiger partial charge in [-0.15, -0.1) is 0 Å². The molecule has 0 radical (unpaired) electrons. The van der Waals surface area contributed by atoms with E-state index in [4.69, 9.17) is 5.11 Å². The van der Waals surface area contributed by atoms with Crippen LogP contribution in [-0.2, 0) is 0 Å². The summed E-state index contributed by atoms with van der Waals surface area (Å²) in [7, 11) is 0. The van der Waals surface area contributed by atoms with Gasteiger partial charge in [-0.25, -0.2) is 8.78 Å². The van der Waals surface area contributed by atoms with Gasteiger partial charge in [0.25, 0.3) is 5.92 Å². The van der Waals surface area contributed by atoms with Gasteiger partial charge in [0.15, 0.2) is 0 Å². The molecule has 1 saturated carbocycles. The molecule has 1 N–H and O–H groups in total. The number of hydrogen-bond donors (Lipinski definition) is 1. The number of aliphatic hydroxyl groups excluding tert-OH is 1. The molecule has 0 aromatic heterocycles. The maximum atomic E-state index is 12.2. The largest absolute Gasteiger partial charge is 0.392 e. The van der Waals surface area contributed by atoms with Crippen molar-refractivity contribution in [3.05, 3.63) is 0 Å². The average molecular weight is 150 g/mol. The second kappa shape index (κ2) is 2.16. The molecule has 2 unspecified atom stereocenters. The SMILES string of the molecule is CC(C)C(O)C1CC1(F)F. The molecule has 1 nitrogen and oxygen atoms in total. The highest BCUT2D eigenvalue weighted by Crippen LogP contribution is 2.51. The molecule has 1 aliphatic carbocycles. The van der Waals surface area contributed by atoms with Crippen molar-refractivity contribution < 1.29 is 13.9 Å². The van der Waals surface area contributed by atoms with Crippen LogP contribution in [0.5, 0.6) is 0 Å². The van der Waals surface area contributed by atoms with Crippen LogP contribution in [0.2, 0.25) is 0 Å². The minimum absolute atomic E-state index is 0.0571. The molecule has 0 bridgehead atoms. The van der Waals surface area contributed by atoms with Crippen molar-refractivity contribution in [2.24, 2.45) is 11.8 Å². The van der Waals surface area contributed by atoms with Gasteiger partial charge in [0, 0.05) is 6.42 Å². The predicted octanol–water partition coefficient (Wildman–Crippen LogP) is 1.66. The number of halogens is 2. The lowest BCUT2D eigenvalue weighted by atomic mass is 10.0. The van der Waals surface area contributed by atoms with Crippen LogP contribution in [0, 0.1) is 11.8 Å². The van der Waals surface area contributed by atoms with Crippen molar-refractivity contribution in [1.82, 2.24) is 0 Å². The maximum absolute atomic E-state index is 12.2. The van der Waals surface area contributed by atoms with Gasteiger partial charge in [0.1, 0.15) is 0 Å². The van der Waals surface area contributed by atoms with E-state index in [0.29, 0.717) is 0 Å². The highest BCUT2D eigenvalue weighted by molar-refractivity contribution is 4.99. The van der Waals surface area contributed by atoms with Gasteiger partial charge in [0.05, 0.1) is 12.0 Å². The first-order valence-corrected chi connectivity index (χ1v) is 3.51. The average Bonchev–Trinajstić information content (AvgIpc) is 2.38. The zero-order valence-electron chi connectivity index (χ0n) is 6.14. The highest BCUT2D eigenvalue weighted by atomic mass is 19.3. The molecule has 1 fully saturated rings. The first kappa shape index (κ1) is 7.92. The van der Waals surface area contributed by atoms with E-state index in [9.17, 15) is 8.78 Å². The molecule has 1 aliphatic rings. The number of hydrogen-bond acceptors (Lipinski definition) is 1. The standard InChI is InChI=1S/C7H12F2O/c1-4(2)6(10)5-3-7(5,8)9/h4-6,10H,3H2,1-2H3. The maximum Gasteiger partial charge on any atom is 0.254 e. The Hall–Kier alpha value is -0.180. The van der Waals surface area contributed by atoms with E-state index in [1.165, 1.54) is 0 Å². The van der Waals surface area contributed by atoms with Crippen LogP contribution in [0.4, 0.5) is 8.78 Å². The number of rotatable bonds is 2. The van der Waals surface area contributed by atoms with Crippen LogP contribution in [-0.4, -0.2) is 17.1 Å². The highest BCUT2D eigenvalue weighted by Gasteiger charge is 2.60. The van der Waals surface area contributed by atoms with E-state index in [0.717, 1.165) is 0 Å². The Morgan fingerprint density at radius 2 is 1.90 bits per heavy atom. The van der Waals surface area contributed by atoms with Crippen molar-refractivity contribution in [2.45, 2.75) is 32.3 Å². The van der Waals surface area contributed by atoms with E-state index in [1.54, 1.807) is 13.8 Å². The van der Waals surface area contributed by atoms with Gasteiger partial charge in [-0.1, -0.05) is 13.8 Å². The van der Waals surface area contributed by atoms with Gasteiger partial charge < -0.3 is 5.11 Å². The summed E-state index contributed by atoms with van der Waals surface area (Å²) < 4.78 is 24.5. The second-order valence-corrected chi connectivity index (χ2v) is 3.31. The van der Waals surface area contributed by atoms with Gasteiger partial charge in [-0.05, 0) is 5.92 Å². The summed E-state index contributed by atoms with van der Waals surface area (Å²) in [5.74, 6) is -3.41. The van der Waals surface area contributed by atoms with E-state index in [1.807, 2.05) is 0 Å². The Morgan fingerprint density at radius 3 is 2.00 bits per heavy atom. The lowest BCUT2D eigenvalue weighted by Gasteiger charge is -2.12. The predicted molar refractivity (Wildman–Crippen MR) is 33.9 cm³/mol. The molecule has 0 saturated heterocycles. The van der Waals surface area contributed by atoms with Crippen molar-refractivity contribution in [3.63, 3.8) is 0 Å². The molecule has 3 heteroatoms. The molecule has 0 heterocycles. The Morgan fingerprint density at radius 1 is 1.50 bits per heavy atom. The molecule has 0 aromatic carbocycles. The van der Waals surface area contributed by atoms with Crippen LogP contribution in [0.15, 0.2) is 0 Å². The van der Waals surface area contributed by atoms with Crippen LogP contribution >= 0.6 is 0 Å². The molecular formula is C7H12F2O. The first-order chi connectivity index (χ1) is 4.45. The summed E-state index contributed by atoms with van der Waals surface area (Å²) >= 11 is 0. The Balaban J connectivity index is 2.40. The minimum atomic E-state index is -2.58. The summed E-state index contributed by atoms with van der Waals surface area (Å²) in [5.41, 5.74) is 0. The van der Waals surface area contributed by atoms with Crippen LogP contribution in [0.3, 0.4) is 0 Å². The Labute approximate surface area is 59.0 Å². The van der Waals surface area contributed by atoms with Crippen molar-refractivity contribution >= 4 is 0 Å². The van der Waals surface area contributed by atoms with Crippen LogP contribution < -0.4 is 0 Å². The van der Waals surface area contributed by atoms with Crippen LogP contribution in [0.25, 0.3) is 0 Å². The van der Waals surface area contributed by atoms with Crippen molar-refractivity contribution in [3.8, 4) is 0 Å². The third kappa shape index (κ3) is 1.29. The minimum Gasteiger partial charge on any atom is -0.392 e. The molecule has 0 aromatic rings. The Bertz CT molecular complexity index is 134. The molecule has 2 atom stereocenters. The fourth-order valence-electron chi connectivity index (χ4n) is 1.07. The Kier molecular flexibility index (Phi) is 1.71. The van der Waals surface area contributed by atoms with E-state index >= 15 is 0 Å². The lowest BCUT2D eigenvalue weighted by Crippen LogP contribution is -2.20. The normalized spacial score (nSPS) is 32.4. The molecule has 0 aliphatic heterocycles. The van der Waals surface area contributed by atoms with Gasteiger partial charge in [-0.2, -0.15) is 0 Å². The summed E-state index contributed by atoms with van der Waals surface area (Å²) in [4.78, 5) is 0. The molecule has 60 valence electrons. The molecule has 10 heavy (non-hydrogen) atoms. The fraction of sp³-hybridized carbons (Fsp3) is 1.00. The third-order valence-electron chi connectivity index (χ3n) is 1.97. The topological polar surface area (TPSA) is 20.2 Å². The zero-order valence-corrected chi connectivity index (χ0v) is 6.14. The summed E-state index contributed by atoms with van der Waals surface area (Å²) in [6, 6.07) is 0. The second-order valence-electron chi connectivity index (χ2n) is 3.31. The molecule has 0 spiro atoms. The van der Waals surface area contributed by atoms with Gasteiger partial charge >= 0.3 is 0 Å². The van der Waals surface area contributed by atoms with Gasteiger partial charge in [0.2, 0.25) is 0 Å². The third-order valence-corrected chi connectivity index (χ3v) is 1.97. The molecular weight excluding hydrogens is 138 g/mol. The monoisotopic (exact) mass is 150 g/mol. The molecule has 0 amide bonds. The van der Waals surface area contributed by atoms with Crippen molar-refractivity contribution in [1.29, 1.82) is 0 Å². The van der Waals surface area contributed by atoms with Gasteiger partial charge in [-0.3, -0.25) is 0 Å². The summed E-state index contributed by atoms with van der Waals surface area (Å²) in [5, 5.41) is 9.12. The smallest absolute Gasteiger partial charge is 0.254 e. The number of alkyl halides is 2. The number of aliphatic hydroxyl groups is 1. The zero-order chi connectivity index (χ0) is 7.94. The fourth-order valence-corrected chi connectivity index (χ4v) is 1.07. The lowest BCUT2D eigenvalue weighted by molar-refractivity contribution is 0.0282. The molecule has 1 rings (SSSR count). The first-order valence-electron chi connectivity index (χ1n) is 3.51.